The molecule has 0 aliphatic carbocycles. The van der Waals surface area contributed by atoms with E-state index < -0.39 is 0 Å². The third kappa shape index (κ3) is 2.11. The molecule has 0 radical (unpaired) electrons. The summed E-state index contributed by atoms with van der Waals surface area (Å²) >= 11 is 6.07. The minimum absolute atomic E-state index is 0.252. The van der Waals surface area contributed by atoms with E-state index in [9.17, 15) is 0 Å². The Bertz CT molecular complexity index is 838. The largest absolute Gasteiger partial charge is 0.454 e. The van der Waals surface area contributed by atoms with Gasteiger partial charge in [-0.3, -0.25) is 0 Å². The molecule has 5 nitrogen and oxygen atoms in total. The maximum absolute atomic E-state index is 6.07. The summed E-state index contributed by atoms with van der Waals surface area (Å²) in [5, 5.41) is 13.5. The number of nitrogens with one attached hydrogen (secondary N) is 1. The van der Waals surface area contributed by atoms with Crippen molar-refractivity contribution in [2.45, 2.75) is 0 Å². The van der Waals surface area contributed by atoms with Crippen molar-refractivity contribution in [3.05, 3.63) is 47.6 Å². The van der Waals surface area contributed by atoms with E-state index >= 15 is 0 Å². The van der Waals surface area contributed by atoms with Crippen LogP contribution in [0.1, 0.15) is 0 Å². The lowest BCUT2D eigenvalue weighted by Crippen LogP contribution is -1.97. The zero-order valence-electron chi connectivity index (χ0n) is 10.8. The summed E-state index contributed by atoms with van der Waals surface area (Å²) in [7, 11) is 0. The SMILES string of the molecule is Clc1nnc(Nc2ccc3c(c2)OCO3)c2ccccc12. The summed E-state index contributed by atoms with van der Waals surface area (Å²) in [4.78, 5) is 0. The number of ether oxygens (including phenoxy) is 2. The summed E-state index contributed by atoms with van der Waals surface area (Å²) in [6, 6.07) is 13.3. The molecule has 0 saturated heterocycles. The fourth-order valence-electron chi connectivity index (χ4n) is 2.27. The quantitative estimate of drug-likeness (QED) is 0.781. The van der Waals surface area contributed by atoms with Gasteiger partial charge in [0.15, 0.2) is 22.5 Å². The van der Waals surface area contributed by atoms with Crippen molar-refractivity contribution in [3.8, 4) is 11.5 Å². The molecule has 0 spiro atoms. The van der Waals surface area contributed by atoms with E-state index in [0.717, 1.165) is 22.2 Å². The van der Waals surface area contributed by atoms with E-state index in [-0.39, 0.29) is 6.79 Å². The molecule has 3 aromatic rings. The third-order valence-corrected chi connectivity index (χ3v) is 3.56. The number of anilines is 2. The average molecular weight is 300 g/mol. The predicted molar refractivity (Wildman–Crippen MR) is 80.4 cm³/mol. The first-order valence-corrected chi connectivity index (χ1v) is 6.77. The van der Waals surface area contributed by atoms with Gasteiger partial charge in [0.25, 0.3) is 0 Å². The van der Waals surface area contributed by atoms with Gasteiger partial charge >= 0.3 is 0 Å². The van der Waals surface area contributed by atoms with Gasteiger partial charge in [-0.15, -0.1) is 10.2 Å². The first kappa shape index (κ1) is 12.2. The van der Waals surface area contributed by atoms with Gasteiger partial charge in [0.2, 0.25) is 6.79 Å². The fourth-order valence-corrected chi connectivity index (χ4v) is 2.48. The molecular weight excluding hydrogens is 290 g/mol. The number of aromatic nitrogens is 2. The number of nitrogens with zero attached hydrogens (tertiary/aromatic N) is 2. The molecular formula is C15H10ClN3O2. The minimum atomic E-state index is 0.252. The molecule has 21 heavy (non-hydrogen) atoms. The van der Waals surface area contributed by atoms with Crippen LogP contribution in [0.4, 0.5) is 11.5 Å². The smallest absolute Gasteiger partial charge is 0.231 e. The van der Waals surface area contributed by atoms with E-state index in [0.29, 0.717) is 16.7 Å². The molecule has 4 rings (SSSR count). The highest BCUT2D eigenvalue weighted by molar-refractivity contribution is 6.34. The second-order valence-corrected chi connectivity index (χ2v) is 4.94. The standard InChI is InChI=1S/C15H10ClN3O2/c16-14-10-3-1-2-4-11(10)15(19-18-14)17-9-5-6-12-13(7-9)21-8-20-12/h1-7H,8H2,(H,17,19). The fraction of sp³-hybridized carbons (Fsp3) is 0.0667. The van der Waals surface area contributed by atoms with Crippen LogP contribution in [0.5, 0.6) is 11.5 Å². The van der Waals surface area contributed by atoms with Gasteiger partial charge in [-0.1, -0.05) is 35.9 Å². The predicted octanol–water partition coefficient (Wildman–Crippen LogP) is 3.76. The molecule has 1 aliphatic rings. The summed E-state index contributed by atoms with van der Waals surface area (Å²) in [5.74, 6) is 2.10. The van der Waals surface area contributed by atoms with Crippen molar-refractivity contribution < 1.29 is 9.47 Å². The highest BCUT2D eigenvalue weighted by Gasteiger charge is 2.14. The van der Waals surface area contributed by atoms with Crippen molar-refractivity contribution in [3.63, 3.8) is 0 Å². The summed E-state index contributed by atoms with van der Waals surface area (Å²) in [6.07, 6.45) is 0. The Morgan fingerprint density at radius 2 is 1.76 bits per heavy atom. The molecule has 0 amide bonds. The minimum Gasteiger partial charge on any atom is -0.454 e. The van der Waals surface area contributed by atoms with Crippen LogP contribution >= 0.6 is 11.6 Å². The lowest BCUT2D eigenvalue weighted by atomic mass is 10.2. The first-order valence-electron chi connectivity index (χ1n) is 6.39. The van der Waals surface area contributed by atoms with E-state index in [1.54, 1.807) is 0 Å². The van der Waals surface area contributed by atoms with Gasteiger partial charge in [-0.05, 0) is 12.1 Å². The number of hydrogen-bond donors (Lipinski definition) is 1. The second-order valence-electron chi connectivity index (χ2n) is 4.58. The Labute approximate surface area is 125 Å². The average Bonchev–Trinajstić information content (AvgIpc) is 2.98. The summed E-state index contributed by atoms with van der Waals surface area (Å²) < 4.78 is 10.7. The Morgan fingerprint density at radius 3 is 2.67 bits per heavy atom. The van der Waals surface area contributed by atoms with Crippen molar-refractivity contribution in [1.82, 2.24) is 10.2 Å². The van der Waals surface area contributed by atoms with Crippen LogP contribution in [0.15, 0.2) is 42.5 Å². The molecule has 0 bridgehead atoms. The molecule has 0 fully saturated rings. The molecule has 104 valence electrons. The highest BCUT2D eigenvalue weighted by atomic mass is 35.5. The van der Waals surface area contributed by atoms with E-state index in [2.05, 4.69) is 15.5 Å². The van der Waals surface area contributed by atoms with Crippen molar-refractivity contribution in [1.29, 1.82) is 0 Å². The lowest BCUT2D eigenvalue weighted by molar-refractivity contribution is 0.174. The Morgan fingerprint density at radius 1 is 0.952 bits per heavy atom. The number of fused-ring (bicyclic) bond motifs is 2. The maximum atomic E-state index is 6.07. The molecule has 0 atom stereocenters. The van der Waals surface area contributed by atoms with E-state index in [1.807, 2.05) is 42.5 Å². The van der Waals surface area contributed by atoms with Crippen LogP contribution in [0, 0.1) is 0 Å². The van der Waals surface area contributed by atoms with Crippen LogP contribution in [0.25, 0.3) is 10.8 Å². The Kier molecular flexibility index (Phi) is 2.79. The number of rotatable bonds is 2. The van der Waals surface area contributed by atoms with Crippen LogP contribution in [0.2, 0.25) is 5.15 Å². The number of hydrogen-bond acceptors (Lipinski definition) is 5. The second kappa shape index (κ2) is 4.79. The summed E-state index contributed by atoms with van der Waals surface area (Å²) in [6.45, 7) is 0.252. The van der Waals surface area contributed by atoms with Crippen LogP contribution in [-0.2, 0) is 0 Å². The van der Waals surface area contributed by atoms with Crippen molar-refractivity contribution in [2.24, 2.45) is 0 Å². The van der Waals surface area contributed by atoms with Crippen molar-refractivity contribution >= 4 is 33.9 Å². The van der Waals surface area contributed by atoms with E-state index in [4.69, 9.17) is 21.1 Å². The zero-order valence-corrected chi connectivity index (χ0v) is 11.6. The number of halogens is 1. The zero-order chi connectivity index (χ0) is 14.2. The summed E-state index contributed by atoms with van der Waals surface area (Å²) in [5.41, 5.74) is 0.848. The monoisotopic (exact) mass is 299 g/mol. The third-order valence-electron chi connectivity index (χ3n) is 3.28. The molecule has 0 saturated carbocycles. The van der Waals surface area contributed by atoms with Crippen LogP contribution in [0.3, 0.4) is 0 Å². The molecule has 6 heteroatoms. The molecule has 1 aromatic heterocycles. The Hall–Kier alpha value is -2.53. The van der Waals surface area contributed by atoms with Gasteiger partial charge in [0.05, 0.1) is 0 Å². The topological polar surface area (TPSA) is 56.3 Å². The van der Waals surface area contributed by atoms with Gasteiger partial charge < -0.3 is 14.8 Å². The van der Waals surface area contributed by atoms with Gasteiger partial charge in [-0.25, -0.2) is 0 Å². The highest BCUT2D eigenvalue weighted by Crippen LogP contribution is 2.36. The Balaban J connectivity index is 1.76. The van der Waals surface area contributed by atoms with Gasteiger partial charge in [0.1, 0.15) is 0 Å². The van der Waals surface area contributed by atoms with Gasteiger partial charge in [-0.2, -0.15) is 0 Å². The maximum Gasteiger partial charge on any atom is 0.231 e. The normalized spacial score (nSPS) is 12.6. The van der Waals surface area contributed by atoms with Crippen LogP contribution in [-0.4, -0.2) is 17.0 Å². The molecule has 0 unspecified atom stereocenters. The lowest BCUT2D eigenvalue weighted by Gasteiger charge is -2.09. The van der Waals surface area contributed by atoms with E-state index in [1.165, 1.54) is 0 Å². The molecule has 2 heterocycles. The first-order chi connectivity index (χ1) is 10.3. The number of benzene rings is 2. The van der Waals surface area contributed by atoms with Crippen LogP contribution < -0.4 is 14.8 Å². The molecule has 1 aliphatic heterocycles. The molecule has 2 aromatic carbocycles. The van der Waals surface area contributed by atoms with Gasteiger partial charge in [0, 0.05) is 22.5 Å². The van der Waals surface area contributed by atoms with Crippen molar-refractivity contribution in [2.75, 3.05) is 12.1 Å². The molecule has 1 N–H and O–H groups in total.